The van der Waals surface area contributed by atoms with Gasteiger partial charge in [-0.2, -0.15) is 5.26 Å². The number of carbonyl (C=O) groups is 1. The Morgan fingerprint density at radius 3 is 2.71 bits per heavy atom. The SMILES string of the molecule is CCC1CN(C(=O)C(C#N)Cc2ccccc2)CCN1C. The maximum Gasteiger partial charge on any atom is 0.240 e. The van der Waals surface area contributed by atoms with Crippen LogP contribution >= 0.6 is 0 Å². The lowest BCUT2D eigenvalue weighted by Gasteiger charge is -2.39. The number of nitriles is 1. The zero-order chi connectivity index (χ0) is 15.2. The number of amides is 1. The summed E-state index contributed by atoms with van der Waals surface area (Å²) in [5.41, 5.74) is 1.04. The van der Waals surface area contributed by atoms with Crippen LogP contribution in [-0.4, -0.2) is 48.4 Å². The van der Waals surface area contributed by atoms with Crippen molar-refractivity contribution >= 4 is 5.91 Å². The van der Waals surface area contributed by atoms with Crippen molar-refractivity contribution in [3.8, 4) is 6.07 Å². The maximum absolute atomic E-state index is 12.6. The van der Waals surface area contributed by atoms with Gasteiger partial charge in [0, 0.05) is 25.7 Å². The molecule has 2 unspecified atom stereocenters. The monoisotopic (exact) mass is 285 g/mol. The zero-order valence-corrected chi connectivity index (χ0v) is 12.8. The van der Waals surface area contributed by atoms with E-state index in [-0.39, 0.29) is 5.91 Å². The van der Waals surface area contributed by atoms with Gasteiger partial charge in [-0.15, -0.1) is 0 Å². The van der Waals surface area contributed by atoms with Gasteiger partial charge < -0.3 is 4.90 Å². The van der Waals surface area contributed by atoms with E-state index in [4.69, 9.17) is 0 Å². The van der Waals surface area contributed by atoms with Crippen molar-refractivity contribution in [1.82, 2.24) is 9.80 Å². The van der Waals surface area contributed by atoms with Crippen LogP contribution in [0.2, 0.25) is 0 Å². The molecule has 0 aromatic heterocycles. The Morgan fingerprint density at radius 2 is 2.10 bits per heavy atom. The molecule has 2 rings (SSSR count). The van der Waals surface area contributed by atoms with Crippen molar-refractivity contribution in [2.45, 2.75) is 25.8 Å². The largest absolute Gasteiger partial charge is 0.339 e. The van der Waals surface area contributed by atoms with Crippen LogP contribution in [-0.2, 0) is 11.2 Å². The third kappa shape index (κ3) is 3.83. The van der Waals surface area contributed by atoms with E-state index in [0.717, 1.165) is 31.6 Å². The summed E-state index contributed by atoms with van der Waals surface area (Å²) < 4.78 is 0. The fourth-order valence-electron chi connectivity index (χ4n) is 2.85. The van der Waals surface area contributed by atoms with Crippen molar-refractivity contribution in [2.75, 3.05) is 26.7 Å². The fourth-order valence-corrected chi connectivity index (χ4v) is 2.85. The maximum atomic E-state index is 12.6. The van der Waals surface area contributed by atoms with Crippen LogP contribution in [0.4, 0.5) is 0 Å². The molecule has 0 saturated carbocycles. The highest BCUT2D eigenvalue weighted by Crippen LogP contribution is 2.16. The predicted octanol–water partition coefficient (Wildman–Crippen LogP) is 1.92. The number of rotatable bonds is 4. The summed E-state index contributed by atoms with van der Waals surface area (Å²) in [6, 6.07) is 12.4. The molecule has 0 aliphatic carbocycles. The minimum absolute atomic E-state index is 0.0205. The number of hydrogen-bond acceptors (Lipinski definition) is 3. The van der Waals surface area contributed by atoms with Crippen LogP contribution in [0.3, 0.4) is 0 Å². The average molecular weight is 285 g/mol. The van der Waals surface area contributed by atoms with E-state index < -0.39 is 5.92 Å². The van der Waals surface area contributed by atoms with Crippen LogP contribution in [0.1, 0.15) is 18.9 Å². The molecule has 4 heteroatoms. The lowest BCUT2D eigenvalue weighted by atomic mass is 9.98. The summed E-state index contributed by atoms with van der Waals surface area (Å²) in [5, 5.41) is 9.36. The van der Waals surface area contributed by atoms with Gasteiger partial charge in [-0.05, 0) is 25.5 Å². The quantitative estimate of drug-likeness (QED) is 0.849. The topological polar surface area (TPSA) is 47.3 Å². The van der Waals surface area contributed by atoms with Gasteiger partial charge in [-0.25, -0.2) is 0 Å². The summed E-state index contributed by atoms with van der Waals surface area (Å²) >= 11 is 0. The van der Waals surface area contributed by atoms with Gasteiger partial charge in [0.25, 0.3) is 0 Å². The molecule has 1 aromatic rings. The molecule has 0 spiro atoms. The van der Waals surface area contributed by atoms with E-state index >= 15 is 0 Å². The number of benzene rings is 1. The first-order valence-corrected chi connectivity index (χ1v) is 7.58. The minimum Gasteiger partial charge on any atom is -0.339 e. The van der Waals surface area contributed by atoms with Gasteiger partial charge >= 0.3 is 0 Å². The second-order valence-electron chi connectivity index (χ2n) is 5.70. The van der Waals surface area contributed by atoms with Crippen LogP contribution in [0.5, 0.6) is 0 Å². The van der Waals surface area contributed by atoms with Crippen LogP contribution in [0, 0.1) is 17.2 Å². The summed E-state index contributed by atoms with van der Waals surface area (Å²) in [4.78, 5) is 16.7. The number of carbonyl (C=O) groups excluding carboxylic acids is 1. The van der Waals surface area contributed by atoms with Gasteiger partial charge in [0.15, 0.2) is 0 Å². The standard InChI is InChI=1S/C17H23N3O/c1-3-16-13-20(10-9-19(16)2)17(21)15(12-18)11-14-7-5-4-6-8-14/h4-8,15-16H,3,9-11,13H2,1-2H3. The summed E-state index contributed by atoms with van der Waals surface area (Å²) in [7, 11) is 2.10. The molecule has 0 radical (unpaired) electrons. The Morgan fingerprint density at radius 1 is 1.38 bits per heavy atom. The van der Waals surface area contributed by atoms with Gasteiger partial charge in [-0.1, -0.05) is 37.3 Å². The van der Waals surface area contributed by atoms with E-state index in [1.54, 1.807) is 0 Å². The Labute approximate surface area is 127 Å². The molecule has 1 amide bonds. The third-order valence-corrected chi connectivity index (χ3v) is 4.30. The molecule has 4 nitrogen and oxygen atoms in total. The summed E-state index contributed by atoms with van der Waals surface area (Å²) in [6.07, 6.45) is 1.52. The normalized spacial score (nSPS) is 20.8. The van der Waals surface area contributed by atoms with Gasteiger partial charge in [0.2, 0.25) is 5.91 Å². The summed E-state index contributed by atoms with van der Waals surface area (Å²) in [5.74, 6) is -0.596. The highest BCUT2D eigenvalue weighted by Gasteiger charge is 2.30. The van der Waals surface area contributed by atoms with Crippen LogP contribution < -0.4 is 0 Å². The van der Waals surface area contributed by atoms with E-state index in [1.165, 1.54) is 0 Å². The van der Waals surface area contributed by atoms with E-state index in [1.807, 2.05) is 35.2 Å². The Hall–Kier alpha value is -1.86. The van der Waals surface area contributed by atoms with Crippen LogP contribution in [0.15, 0.2) is 30.3 Å². The third-order valence-electron chi connectivity index (χ3n) is 4.30. The number of hydrogen-bond donors (Lipinski definition) is 0. The molecule has 112 valence electrons. The van der Waals surface area contributed by atoms with E-state index in [2.05, 4.69) is 24.9 Å². The van der Waals surface area contributed by atoms with Crippen molar-refractivity contribution in [2.24, 2.45) is 5.92 Å². The second-order valence-corrected chi connectivity index (χ2v) is 5.70. The Bertz CT molecular complexity index is 509. The smallest absolute Gasteiger partial charge is 0.240 e. The first kappa shape index (κ1) is 15.5. The number of nitrogens with zero attached hydrogens (tertiary/aromatic N) is 3. The molecule has 21 heavy (non-hydrogen) atoms. The number of likely N-dealkylation sites (N-methyl/N-ethyl adjacent to an activating group) is 1. The number of piperazine rings is 1. The Kier molecular flexibility index (Phi) is 5.35. The van der Waals surface area contributed by atoms with Crippen molar-refractivity contribution in [1.29, 1.82) is 5.26 Å². The molecule has 1 aliphatic heterocycles. The van der Waals surface area contributed by atoms with Gasteiger partial charge in [0.05, 0.1) is 6.07 Å². The first-order chi connectivity index (χ1) is 10.2. The molecule has 1 saturated heterocycles. The van der Waals surface area contributed by atoms with E-state index in [0.29, 0.717) is 12.5 Å². The average Bonchev–Trinajstić information content (AvgIpc) is 2.53. The second kappa shape index (κ2) is 7.24. The molecule has 1 aromatic carbocycles. The lowest BCUT2D eigenvalue weighted by molar-refractivity contribution is -0.136. The molecular formula is C17H23N3O. The first-order valence-electron chi connectivity index (χ1n) is 7.58. The molecule has 1 aliphatic rings. The molecule has 1 heterocycles. The van der Waals surface area contributed by atoms with E-state index in [9.17, 15) is 10.1 Å². The Balaban J connectivity index is 2.02. The predicted molar refractivity (Wildman–Crippen MR) is 82.5 cm³/mol. The van der Waals surface area contributed by atoms with Crippen molar-refractivity contribution in [3.05, 3.63) is 35.9 Å². The lowest BCUT2D eigenvalue weighted by Crippen LogP contribution is -2.54. The summed E-state index contributed by atoms with van der Waals surface area (Å²) in [6.45, 7) is 4.48. The fraction of sp³-hybridized carbons (Fsp3) is 0.529. The van der Waals surface area contributed by atoms with Gasteiger partial charge in [0.1, 0.15) is 5.92 Å². The molecule has 0 bridgehead atoms. The molecule has 1 fully saturated rings. The molecular weight excluding hydrogens is 262 g/mol. The van der Waals surface area contributed by atoms with Crippen LogP contribution in [0.25, 0.3) is 0 Å². The van der Waals surface area contributed by atoms with Gasteiger partial charge in [-0.3, -0.25) is 9.69 Å². The minimum atomic E-state index is -0.576. The van der Waals surface area contributed by atoms with Crippen molar-refractivity contribution in [3.63, 3.8) is 0 Å². The molecule has 0 N–H and O–H groups in total. The zero-order valence-electron chi connectivity index (χ0n) is 12.8. The molecule has 2 atom stereocenters. The highest BCUT2D eigenvalue weighted by molar-refractivity contribution is 5.81. The highest BCUT2D eigenvalue weighted by atomic mass is 16.2. The van der Waals surface area contributed by atoms with Crippen molar-refractivity contribution < 1.29 is 4.79 Å².